The predicted molar refractivity (Wildman–Crippen MR) is 184 cm³/mol. The molecule has 5 aromatic rings. The summed E-state index contributed by atoms with van der Waals surface area (Å²) in [5, 5.41) is 3.51. The van der Waals surface area contributed by atoms with E-state index in [1.807, 2.05) is 77.0 Å². The molecule has 1 aromatic heterocycles. The van der Waals surface area contributed by atoms with Gasteiger partial charge in [0.25, 0.3) is 5.91 Å². The summed E-state index contributed by atoms with van der Waals surface area (Å²) in [7, 11) is 0. The van der Waals surface area contributed by atoms with E-state index in [1.165, 1.54) is 11.3 Å². The Morgan fingerprint density at radius 2 is 1.53 bits per heavy atom. The van der Waals surface area contributed by atoms with Crippen molar-refractivity contribution in [3.8, 4) is 17.2 Å². The molecule has 0 atom stereocenters. The summed E-state index contributed by atoms with van der Waals surface area (Å²) < 4.78 is 17.2. The number of benzene rings is 4. The maximum absolute atomic E-state index is 13.4. The lowest BCUT2D eigenvalue weighted by Gasteiger charge is -2.36. The third-order valence-corrected chi connectivity index (χ3v) is 9.46. The number of anilines is 1. The topological polar surface area (TPSA) is 67.4 Å². The summed E-state index contributed by atoms with van der Waals surface area (Å²) in [5.41, 5.74) is 4.91. The molecule has 240 valence electrons. The Labute approximate surface area is 283 Å². The zero-order chi connectivity index (χ0) is 32.0. The molecule has 10 heteroatoms. The number of carbonyl (C=O) groups excluding carboxylic acids is 1. The van der Waals surface area contributed by atoms with E-state index >= 15 is 0 Å². The molecule has 0 spiro atoms. The Kier molecular flexibility index (Phi) is 9.55. The van der Waals surface area contributed by atoms with E-state index in [9.17, 15) is 4.79 Å². The second kappa shape index (κ2) is 14.5. The maximum atomic E-state index is 13.4. The number of piperazine rings is 1. The van der Waals surface area contributed by atoms with Crippen molar-refractivity contribution < 1.29 is 19.0 Å². The Hall–Kier alpha value is -4.57. The quantitative estimate of drug-likeness (QED) is 0.147. The Morgan fingerprint density at radius 3 is 2.34 bits per heavy atom. The molecule has 0 aliphatic carbocycles. The molecule has 0 unspecified atom stereocenters. The van der Waals surface area contributed by atoms with Crippen LogP contribution in [0.2, 0.25) is 5.02 Å². The van der Waals surface area contributed by atoms with Gasteiger partial charge in [0, 0.05) is 44.6 Å². The average Bonchev–Trinajstić information content (AvgIpc) is 3.78. The van der Waals surface area contributed by atoms with Gasteiger partial charge >= 0.3 is 0 Å². The standard InChI is InChI=1S/C37H35ClN4O4S/c38-31-8-4-5-9-33(31)41-16-18-42(19-17-41)37(43)32-25-47-36(39-32)23-40(22-29-12-15-34-35(20-29)46-26-45-34)21-27-10-13-30(14-11-27)44-24-28-6-2-1-3-7-28/h1-15,20,25H,16-19,21-24,26H2. The molecule has 0 radical (unpaired) electrons. The van der Waals surface area contributed by atoms with E-state index in [0.29, 0.717) is 45.0 Å². The van der Waals surface area contributed by atoms with Gasteiger partial charge in [-0.2, -0.15) is 0 Å². The number of hydrogen-bond donors (Lipinski definition) is 0. The van der Waals surface area contributed by atoms with Crippen LogP contribution in [0.4, 0.5) is 5.69 Å². The summed E-state index contributed by atoms with van der Waals surface area (Å²) in [5.74, 6) is 2.33. The molecule has 0 bridgehead atoms. The first-order valence-corrected chi connectivity index (χ1v) is 16.9. The van der Waals surface area contributed by atoms with E-state index < -0.39 is 0 Å². The molecule has 1 saturated heterocycles. The number of fused-ring (bicyclic) bond motifs is 1. The second-order valence-corrected chi connectivity index (χ2v) is 13.0. The lowest BCUT2D eigenvalue weighted by molar-refractivity contribution is 0.0741. The van der Waals surface area contributed by atoms with Crippen LogP contribution in [0.1, 0.15) is 32.2 Å². The highest BCUT2D eigenvalue weighted by molar-refractivity contribution is 7.09. The van der Waals surface area contributed by atoms with Gasteiger partial charge in [-0.15, -0.1) is 11.3 Å². The van der Waals surface area contributed by atoms with Gasteiger partial charge in [-0.05, 0) is 53.1 Å². The van der Waals surface area contributed by atoms with Gasteiger partial charge in [0.2, 0.25) is 6.79 Å². The van der Waals surface area contributed by atoms with Crippen LogP contribution < -0.4 is 19.1 Å². The fraction of sp³-hybridized carbons (Fsp3) is 0.243. The highest BCUT2D eigenvalue weighted by Crippen LogP contribution is 2.33. The molecule has 4 aromatic carbocycles. The van der Waals surface area contributed by atoms with E-state index in [0.717, 1.165) is 62.7 Å². The van der Waals surface area contributed by atoms with Crippen LogP contribution in [-0.2, 0) is 26.2 Å². The van der Waals surface area contributed by atoms with Crippen molar-refractivity contribution in [2.24, 2.45) is 0 Å². The maximum Gasteiger partial charge on any atom is 0.273 e. The number of halogens is 1. The van der Waals surface area contributed by atoms with Crippen molar-refractivity contribution in [2.75, 3.05) is 37.9 Å². The molecule has 2 aliphatic heterocycles. The van der Waals surface area contributed by atoms with Crippen molar-refractivity contribution in [1.82, 2.24) is 14.8 Å². The van der Waals surface area contributed by atoms with Crippen molar-refractivity contribution in [2.45, 2.75) is 26.2 Å². The third kappa shape index (κ3) is 7.71. The van der Waals surface area contributed by atoms with Gasteiger partial charge < -0.3 is 24.0 Å². The molecule has 2 aliphatic rings. The van der Waals surface area contributed by atoms with Gasteiger partial charge in [-0.25, -0.2) is 4.98 Å². The van der Waals surface area contributed by atoms with Gasteiger partial charge in [-0.3, -0.25) is 9.69 Å². The lowest BCUT2D eigenvalue weighted by atomic mass is 10.1. The molecule has 0 saturated carbocycles. The van der Waals surface area contributed by atoms with Gasteiger partial charge in [0.15, 0.2) is 11.5 Å². The number of carbonyl (C=O) groups is 1. The Morgan fingerprint density at radius 1 is 0.809 bits per heavy atom. The van der Waals surface area contributed by atoms with Crippen LogP contribution in [0.15, 0.2) is 102 Å². The molecular weight excluding hydrogens is 632 g/mol. The molecule has 47 heavy (non-hydrogen) atoms. The molecule has 3 heterocycles. The minimum atomic E-state index is -0.0280. The number of amides is 1. The number of hydrogen-bond acceptors (Lipinski definition) is 8. The number of ether oxygens (including phenoxy) is 3. The largest absolute Gasteiger partial charge is 0.489 e. The molecule has 7 rings (SSSR count). The summed E-state index contributed by atoms with van der Waals surface area (Å²) >= 11 is 7.94. The normalized spacial score (nSPS) is 14.1. The predicted octanol–water partition coefficient (Wildman–Crippen LogP) is 7.27. The summed E-state index contributed by atoms with van der Waals surface area (Å²) in [6.45, 7) is 5.44. The smallest absolute Gasteiger partial charge is 0.273 e. The number of para-hydroxylation sites is 1. The fourth-order valence-corrected chi connectivity index (χ4v) is 6.91. The number of thiazole rings is 1. The summed E-state index contributed by atoms with van der Waals surface area (Å²) in [6, 6.07) is 32.3. The molecular formula is C37H35ClN4O4S. The van der Waals surface area contributed by atoms with E-state index in [4.69, 9.17) is 30.8 Å². The number of aromatic nitrogens is 1. The van der Waals surface area contributed by atoms with Crippen molar-refractivity contribution >= 4 is 34.5 Å². The average molecular weight is 667 g/mol. The Balaban J connectivity index is 1.01. The van der Waals surface area contributed by atoms with Gasteiger partial charge in [-0.1, -0.05) is 72.3 Å². The number of rotatable bonds is 11. The van der Waals surface area contributed by atoms with Crippen molar-refractivity contribution in [1.29, 1.82) is 0 Å². The minimum Gasteiger partial charge on any atom is -0.489 e. The minimum absolute atomic E-state index is 0.0280. The van der Waals surface area contributed by atoms with Crippen LogP contribution >= 0.6 is 22.9 Å². The summed E-state index contributed by atoms with van der Waals surface area (Å²) in [6.07, 6.45) is 0. The van der Waals surface area contributed by atoms with Gasteiger partial charge in [0.05, 0.1) is 17.3 Å². The van der Waals surface area contributed by atoms with Crippen LogP contribution in [0.3, 0.4) is 0 Å². The first-order chi connectivity index (χ1) is 23.1. The van der Waals surface area contributed by atoms with Gasteiger partial charge in [0.1, 0.15) is 23.1 Å². The zero-order valence-corrected chi connectivity index (χ0v) is 27.5. The highest BCUT2D eigenvalue weighted by Gasteiger charge is 2.25. The molecule has 0 N–H and O–H groups in total. The number of nitrogens with zero attached hydrogens (tertiary/aromatic N) is 4. The first kappa shape index (κ1) is 31.1. The Bertz CT molecular complexity index is 1810. The SMILES string of the molecule is O=C(c1csc(CN(Cc2ccc(OCc3ccccc3)cc2)Cc2ccc3c(c2)OCO3)n1)N1CCN(c2ccccc2Cl)CC1. The van der Waals surface area contributed by atoms with Crippen LogP contribution in [0.25, 0.3) is 0 Å². The second-order valence-electron chi connectivity index (χ2n) is 11.6. The monoisotopic (exact) mass is 666 g/mol. The van der Waals surface area contributed by atoms with E-state index in [-0.39, 0.29) is 12.7 Å². The molecule has 1 fully saturated rings. The third-order valence-electron chi connectivity index (χ3n) is 8.31. The lowest BCUT2D eigenvalue weighted by Crippen LogP contribution is -2.49. The van der Waals surface area contributed by atoms with Crippen LogP contribution in [0, 0.1) is 0 Å². The fourth-order valence-electron chi connectivity index (χ4n) is 5.85. The van der Waals surface area contributed by atoms with Crippen molar-refractivity contribution in [3.05, 3.63) is 135 Å². The van der Waals surface area contributed by atoms with Crippen LogP contribution in [0.5, 0.6) is 17.2 Å². The zero-order valence-electron chi connectivity index (χ0n) is 25.9. The highest BCUT2D eigenvalue weighted by atomic mass is 35.5. The molecule has 8 nitrogen and oxygen atoms in total. The van der Waals surface area contributed by atoms with Crippen LogP contribution in [-0.4, -0.2) is 53.7 Å². The van der Waals surface area contributed by atoms with E-state index in [2.05, 4.69) is 40.1 Å². The van der Waals surface area contributed by atoms with E-state index in [1.54, 1.807) is 0 Å². The van der Waals surface area contributed by atoms with Crippen molar-refractivity contribution in [3.63, 3.8) is 0 Å². The first-order valence-electron chi connectivity index (χ1n) is 15.7. The molecule has 1 amide bonds. The summed E-state index contributed by atoms with van der Waals surface area (Å²) in [4.78, 5) is 24.7.